The van der Waals surface area contributed by atoms with Gasteiger partial charge >= 0.3 is 5.97 Å². The monoisotopic (exact) mass is 473 g/mol. The predicted molar refractivity (Wildman–Crippen MR) is 135 cm³/mol. The Morgan fingerprint density at radius 1 is 1.09 bits per heavy atom. The fourth-order valence-electron chi connectivity index (χ4n) is 5.91. The molecule has 0 bridgehead atoms. The number of fused-ring (bicyclic) bond motifs is 2. The Morgan fingerprint density at radius 3 is 2.63 bits per heavy atom. The van der Waals surface area contributed by atoms with E-state index in [4.69, 9.17) is 9.26 Å². The molecule has 7 nitrogen and oxygen atoms in total. The van der Waals surface area contributed by atoms with Gasteiger partial charge in [0.2, 0.25) is 0 Å². The smallest absolute Gasteiger partial charge is 0.310 e. The number of hydrogen-bond donors (Lipinski definition) is 0. The molecular formula is C28H31N3O4. The maximum atomic E-state index is 13.9. The first-order valence-corrected chi connectivity index (χ1v) is 12.8. The molecule has 1 atom stereocenters. The third-order valence-electron chi connectivity index (χ3n) is 7.86. The van der Waals surface area contributed by atoms with E-state index in [1.54, 1.807) is 0 Å². The van der Waals surface area contributed by atoms with E-state index < -0.39 is 0 Å². The van der Waals surface area contributed by atoms with Crippen LogP contribution in [0, 0.1) is 11.8 Å². The molecule has 3 aromatic rings. The third-order valence-corrected chi connectivity index (χ3v) is 7.86. The molecule has 1 unspecified atom stereocenters. The molecule has 0 spiro atoms. The molecule has 182 valence electrons. The van der Waals surface area contributed by atoms with Crippen LogP contribution in [-0.4, -0.2) is 49.7 Å². The van der Waals surface area contributed by atoms with Crippen molar-refractivity contribution in [3.05, 3.63) is 41.5 Å². The number of ketones is 1. The van der Waals surface area contributed by atoms with Gasteiger partial charge in [0.15, 0.2) is 11.5 Å². The SMILES string of the molecule is CCOC(=O)C1CCCN(c2cc(N3CCC(C)CC3)c3c4c(onc24)-c2ccccc2C3=O)C1. The molecule has 35 heavy (non-hydrogen) atoms. The lowest BCUT2D eigenvalue weighted by Crippen LogP contribution is -2.40. The molecule has 0 N–H and O–H groups in total. The second-order valence-corrected chi connectivity index (χ2v) is 10.1. The summed E-state index contributed by atoms with van der Waals surface area (Å²) in [6.07, 6.45) is 3.92. The van der Waals surface area contributed by atoms with Crippen molar-refractivity contribution in [2.75, 3.05) is 42.6 Å². The number of ether oxygens (including phenoxy) is 1. The molecule has 7 heteroatoms. The van der Waals surface area contributed by atoms with Crippen LogP contribution in [0.3, 0.4) is 0 Å². The van der Waals surface area contributed by atoms with Crippen LogP contribution in [0.2, 0.25) is 0 Å². The van der Waals surface area contributed by atoms with Crippen molar-refractivity contribution in [1.82, 2.24) is 5.16 Å². The van der Waals surface area contributed by atoms with Crippen LogP contribution in [0.1, 0.15) is 55.5 Å². The lowest BCUT2D eigenvalue weighted by Gasteiger charge is -2.37. The van der Waals surface area contributed by atoms with Gasteiger partial charge in [-0.3, -0.25) is 9.59 Å². The molecule has 2 saturated heterocycles. The zero-order chi connectivity index (χ0) is 24.1. The van der Waals surface area contributed by atoms with Crippen LogP contribution >= 0.6 is 0 Å². The lowest BCUT2D eigenvalue weighted by molar-refractivity contribution is -0.148. The highest BCUT2D eigenvalue weighted by Crippen LogP contribution is 2.47. The van der Waals surface area contributed by atoms with Crippen molar-refractivity contribution < 1.29 is 18.8 Å². The van der Waals surface area contributed by atoms with E-state index in [2.05, 4.69) is 27.9 Å². The fraction of sp³-hybridized carbons (Fsp3) is 0.464. The molecule has 0 radical (unpaired) electrons. The standard InChI is InChI=1S/C28H31N3O4/c1-3-34-28(33)18-7-6-12-31(16-18)22-15-21(30-13-10-17(2)11-14-30)23-24-25(22)29-35-27(24)20-9-5-4-8-19(20)26(23)32/h4-5,8-9,15,17-18H,3,6-7,10-14,16H2,1-2H3. The van der Waals surface area contributed by atoms with Gasteiger partial charge in [0.05, 0.1) is 34.8 Å². The van der Waals surface area contributed by atoms with Gasteiger partial charge in [-0.2, -0.15) is 0 Å². The van der Waals surface area contributed by atoms with Crippen molar-refractivity contribution >= 4 is 34.0 Å². The highest BCUT2D eigenvalue weighted by molar-refractivity contribution is 6.28. The second-order valence-electron chi connectivity index (χ2n) is 10.1. The van der Waals surface area contributed by atoms with Gasteiger partial charge in [-0.15, -0.1) is 0 Å². The van der Waals surface area contributed by atoms with E-state index in [1.807, 2.05) is 31.2 Å². The average molecular weight is 474 g/mol. The van der Waals surface area contributed by atoms with Crippen LogP contribution in [0.25, 0.3) is 22.2 Å². The van der Waals surface area contributed by atoms with Crippen molar-refractivity contribution in [3.63, 3.8) is 0 Å². The first-order valence-electron chi connectivity index (χ1n) is 12.8. The van der Waals surface area contributed by atoms with Crippen molar-refractivity contribution in [2.45, 2.75) is 39.5 Å². The van der Waals surface area contributed by atoms with Crippen LogP contribution in [0.4, 0.5) is 11.4 Å². The molecule has 0 saturated carbocycles. The maximum Gasteiger partial charge on any atom is 0.310 e. The number of carbonyl (C=O) groups excluding carboxylic acids is 2. The quantitative estimate of drug-likeness (QED) is 0.384. The predicted octanol–water partition coefficient (Wildman–Crippen LogP) is 5.06. The largest absolute Gasteiger partial charge is 0.466 e. The second kappa shape index (κ2) is 8.70. The Bertz CT molecular complexity index is 1310. The Labute approximate surface area is 205 Å². The molecule has 3 aliphatic rings. The molecule has 1 aliphatic carbocycles. The minimum atomic E-state index is -0.167. The molecule has 2 aliphatic heterocycles. The van der Waals surface area contributed by atoms with E-state index in [0.29, 0.717) is 41.5 Å². The van der Waals surface area contributed by atoms with Crippen molar-refractivity contribution in [3.8, 4) is 11.3 Å². The van der Waals surface area contributed by atoms with Crippen LogP contribution < -0.4 is 9.80 Å². The Balaban J connectivity index is 1.52. The topological polar surface area (TPSA) is 75.9 Å². The van der Waals surface area contributed by atoms with Gasteiger partial charge in [0, 0.05) is 37.3 Å². The number of esters is 1. The summed E-state index contributed by atoms with van der Waals surface area (Å²) in [5, 5.41) is 5.30. The number of piperidine rings is 2. The summed E-state index contributed by atoms with van der Waals surface area (Å²) in [5.41, 5.74) is 4.77. The summed E-state index contributed by atoms with van der Waals surface area (Å²) < 4.78 is 11.3. The molecular weight excluding hydrogens is 442 g/mol. The Morgan fingerprint density at radius 2 is 1.86 bits per heavy atom. The summed E-state index contributed by atoms with van der Waals surface area (Å²) in [4.78, 5) is 31.0. The number of anilines is 2. The van der Waals surface area contributed by atoms with Gasteiger partial charge in [0.25, 0.3) is 0 Å². The highest BCUT2D eigenvalue weighted by Gasteiger charge is 2.36. The molecule has 3 heterocycles. The van der Waals surface area contributed by atoms with E-state index >= 15 is 0 Å². The van der Waals surface area contributed by atoms with Crippen LogP contribution in [0.15, 0.2) is 34.9 Å². The minimum absolute atomic E-state index is 0.0320. The Hall–Kier alpha value is -3.35. The minimum Gasteiger partial charge on any atom is -0.466 e. The first kappa shape index (κ1) is 22.1. The molecule has 6 rings (SSSR count). The van der Waals surface area contributed by atoms with Gasteiger partial charge in [-0.05, 0) is 44.6 Å². The maximum absolute atomic E-state index is 13.9. The van der Waals surface area contributed by atoms with Gasteiger partial charge < -0.3 is 19.1 Å². The summed E-state index contributed by atoms with van der Waals surface area (Å²) >= 11 is 0. The van der Waals surface area contributed by atoms with E-state index in [0.717, 1.165) is 67.6 Å². The number of rotatable bonds is 4. The molecule has 2 aromatic carbocycles. The average Bonchev–Trinajstić information content (AvgIpc) is 3.33. The number of hydrogen-bond acceptors (Lipinski definition) is 7. The zero-order valence-electron chi connectivity index (χ0n) is 20.4. The van der Waals surface area contributed by atoms with Crippen LogP contribution in [0.5, 0.6) is 0 Å². The third kappa shape index (κ3) is 3.60. The molecule has 2 fully saturated rings. The van der Waals surface area contributed by atoms with Gasteiger partial charge in [-0.25, -0.2) is 0 Å². The zero-order valence-corrected chi connectivity index (χ0v) is 20.4. The summed E-state index contributed by atoms with van der Waals surface area (Å²) in [6, 6.07) is 9.76. The van der Waals surface area contributed by atoms with E-state index in [-0.39, 0.29) is 17.7 Å². The lowest BCUT2D eigenvalue weighted by atomic mass is 9.85. The number of benzene rings is 2. The first-order chi connectivity index (χ1) is 17.1. The normalized spacial score (nSPS) is 20.3. The van der Waals surface area contributed by atoms with Crippen molar-refractivity contribution in [1.29, 1.82) is 0 Å². The van der Waals surface area contributed by atoms with Crippen molar-refractivity contribution in [2.24, 2.45) is 11.8 Å². The van der Waals surface area contributed by atoms with Gasteiger partial charge in [-0.1, -0.05) is 36.3 Å². The number of carbonyl (C=O) groups is 2. The summed E-state index contributed by atoms with van der Waals surface area (Å²) in [5.74, 6) is 1.07. The van der Waals surface area contributed by atoms with E-state index in [9.17, 15) is 9.59 Å². The number of nitrogens with zero attached hydrogens (tertiary/aromatic N) is 3. The van der Waals surface area contributed by atoms with Gasteiger partial charge in [0.1, 0.15) is 5.52 Å². The summed E-state index contributed by atoms with van der Waals surface area (Å²) in [7, 11) is 0. The fourth-order valence-corrected chi connectivity index (χ4v) is 5.91. The highest BCUT2D eigenvalue weighted by atomic mass is 16.5. The Kier molecular flexibility index (Phi) is 5.50. The van der Waals surface area contributed by atoms with Crippen LogP contribution in [-0.2, 0) is 9.53 Å². The number of aromatic nitrogens is 1. The molecule has 0 amide bonds. The van der Waals surface area contributed by atoms with E-state index in [1.165, 1.54) is 0 Å². The molecule has 1 aromatic heterocycles. The summed E-state index contributed by atoms with van der Waals surface area (Å²) in [6.45, 7) is 7.76.